The Morgan fingerprint density at radius 3 is 2.45 bits per heavy atom. The van der Waals surface area contributed by atoms with Crippen LogP contribution in [0.2, 0.25) is 0 Å². The molecule has 114 valence electrons. The lowest BCUT2D eigenvalue weighted by atomic mass is 9.64. The molecule has 0 unspecified atom stereocenters. The third-order valence-corrected chi connectivity index (χ3v) is 4.58. The number of carboxylic acids is 1. The third-order valence-electron chi connectivity index (χ3n) is 4.58. The molecule has 1 aliphatic carbocycles. The summed E-state index contributed by atoms with van der Waals surface area (Å²) in [6, 6.07) is 15.8. The number of rotatable bonds is 5. The Bertz CT molecular complexity index is 672. The van der Waals surface area contributed by atoms with Gasteiger partial charge in [0.1, 0.15) is 12.4 Å². The van der Waals surface area contributed by atoms with E-state index in [1.165, 1.54) is 0 Å². The van der Waals surface area contributed by atoms with Crippen molar-refractivity contribution in [1.29, 1.82) is 0 Å². The average Bonchev–Trinajstić information content (AvgIpc) is 2.46. The van der Waals surface area contributed by atoms with Crippen molar-refractivity contribution in [2.24, 2.45) is 0 Å². The van der Waals surface area contributed by atoms with Crippen LogP contribution in [0.25, 0.3) is 0 Å². The summed E-state index contributed by atoms with van der Waals surface area (Å²) in [5.74, 6) is 0.101. The maximum atomic E-state index is 11.6. The maximum Gasteiger partial charge on any atom is 0.314 e. The summed E-state index contributed by atoms with van der Waals surface area (Å²) in [4.78, 5) is 11.6. The van der Waals surface area contributed by atoms with Crippen LogP contribution in [0.15, 0.2) is 48.5 Å². The van der Waals surface area contributed by atoms with Crippen molar-refractivity contribution in [1.82, 2.24) is 0 Å². The molecule has 0 saturated heterocycles. The zero-order valence-electron chi connectivity index (χ0n) is 12.7. The van der Waals surface area contributed by atoms with E-state index in [2.05, 4.69) is 0 Å². The lowest BCUT2D eigenvalue weighted by molar-refractivity contribution is -0.147. The second-order valence-corrected chi connectivity index (χ2v) is 6.00. The second kappa shape index (κ2) is 5.84. The summed E-state index contributed by atoms with van der Waals surface area (Å²) in [5, 5.41) is 9.52. The fourth-order valence-corrected chi connectivity index (χ4v) is 3.00. The van der Waals surface area contributed by atoms with Crippen molar-refractivity contribution < 1.29 is 14.6 Å². The number of aliphatic carboxylic acids is 1. The molecular formula is C19H20O3. The van der Waals surface area contributed by atoms with Crippen molar-refractivity contribution in [3.8, 4) is 5.75 Å². The van der Waals surface area contributed by atoms with Crippen LogP contribution in [0.5, 0.6) is 5.75 Å². The molecule has 1 aliphatic rings. The molecule has 0 aliphatic heterocycles. The third kappa shape index (κ3) is 2.59. The minimum Gasteiger partial charge on any atom is -0.489 e. The molecule has 0 bridgehead atoms. The van der Waals surface area contributed by atoms with E-state index in [4.69, 9.17) is 4.74 Å². The smallest absolute Gasteiger partial charge is 0.314 e. The van der Waals surface area contributed by atoms with Gasteiger partial charge in [0.15, 0.2) is 0 Å². The number of benzene rings is 2. The van der Waals surface area contributed by atoms with Crippen LogP contribution in [0, 0.1) is 6.92 Å². The van der Waals surface area contributed by atoms with Crippen molar-refractivity contribution in [2.75, 3.05) is 0 Å². The largest absolute Gasteiger partial charge is 0.489 e. The molecule has 0 aromatic heterocycles. The Kier molecular flexibility index (Phi) is 3.88. The van der Waals surface area contributed by atoms with Gasteiger partial charge in [-0.15, -0.1) is 0 Å². The molecule has 1 N–H and O–H groups in total. The van der Waals surface area contributed by atoms with E-state index in [9.17, 15) is 9.90 Å². The summed E-state index contributed by atoms with van der Waals surface area (Å²) >= 11 is 0. The minimum absolute atomic E-state index is 0.519. The molecule has 0 atom stereocenters. The zero-order valence-corrected chi connectivity index (χ0v) is 12.7. The van der Waals surface area contributed by atoms with Crippen LogP contribution in [0.1, 0.15) is 36.0 Å². The molecule has 0 amide bonds. The van der Waals surface area contributed by atoms with Gasteiger partial charge in [0, 0.05) is 0 Å². The number of carboxylic acid groups (broad SMARTS) is 1. The first-order valence-corrected chi connectivity index (χ1v) is 7.63. The first-order valence-electron chi connectivity index (χ1n) is 7.63. The molecule has 3 nitrogen and oxygen atoms in total. The van der Waals surface area contributed by atoms with E-state index >= 15 is 0 Å². The SMILES string of the molecule is Cc1cc(C2(C(=O)O)CCC2)ccc1OCc1ccccc1. The van der Waals surface area contributed by atoms with Crippen LogP contribution < -0.4 is 4.74 Å². The number of hydrogen-bond acceptors (Lipinski definition) is 2. The fraction of sp³-hybridized carbons (Fsp3) is 0.316. The zero-order chi connectivity index (χ0) is 15.6. The number of carbonyl (C=O) groups is 1. The Hall–Kier alpha value is -2.29. The molecule has 0 heterocycles. The highest BCUT2D eigenvalue weighted by Gasteiger charge is 2.45. The van der Waals surface area contributed by atoms with E-state index < -0.39 is 11.4 Å². The predicted octanol–water partition coefficient (Wildman–Crippen LogP) is 4.08. The highest BCUT2D eigenvalue weighted by Crippen LogP contribution is 2.44. The monoisotopic (exact) mass is 296 g/mol. The number of ether oxygens (including phenoxy) is 1. The number of aryl methyl sites for hydroxylation is 1. The van der Waals surface area contributed by atoms with Crippen molar-refractivity contribution in [3.05, 3.63) is 65.2 Å². The van der Waals surface area contributed by atoms with E-state index in [0.717, 1.165) is 41.7 Å². The lowest BCUT2D eigenvalue weighted by Crippen LogP contribution is -2.42. The van der Waals surface area contributed by atoms with Crippen molar-refractivity contribution in [2.45, 2.75) is 38.2 Å². The Balaban J connectivity index is 1.77. The van der Waals surface area contributed by atoms with Crippen LogP contribution >= 0.6 is 0 Å². The average molecular weight is 296 g/mol. The molecule has 0 spiro atoms. The summed E-state index contributed by atoms with van der Waals surface area (Å²) in [6.45, 7) is 2.49. The molecule has 3 heteroatoms. The van der Waals surface area contributed by atoms with Gasteiger partial charge in [0.25, 0.3) is 0 Å². The molecule has 1 fully saturated rings. The highest BCUT2D eigenvalue weighted by atomic mass is 16.5. The summed E-state index contributed by atoms with van der Waals surface area (Å²) in [6.07, 6.45) is 2.44. The second-order valence-electron chi connectivity index (χ2n) is 6.00. The van der Waals surface area contributed by atoms with Gasteiger partial charge in [0.2, 0.25) is 0 Å². The standard InChI is InChI=1S/C19H20O3/c1-14-12-16(19(18(20)21)10-5-11-19)8-9-17(14)22-13-15-6-3-2-4-7-15/h2-4,6-9,12H,5,10-11,13H2,1H3,(H,20,21). The topological polar surface area (TPSA) is 46.5 Å². The molecular weight excluding hydrogens is 276 g/mol. The quantitative estimate of drug-likeness (QED) is 0.904. The van der Waals surface area contributed by atoms with Gasteiger partial charge in [-0.25, -0.2) is 0 Å². The van der Waals surface area contributed by atoms with Crippen LogP contribution in [0.4, 0.5) is 0 Å². The lowest BCUT2D eigenvalue weighted by Gasteiger charge is -2.38. The maximum absolute atomic E-state index is 11.6. The fourth-order valence-electron chi connectivity index (χ4n) is 3.00. The van der Waals surface area contributed by atoms with E-state index in [1.54, 1.807) is 0 Å². The van der Waals surface area contributed by atoms with Crippen molar-refractivity contribution in [3.63, 3.8) is 0 Å². The Morgan fingerprint density at radius 2 is 1.91 bits per heavy atom. The number of hydrogen-bond donors (Lipinski definition) is 1. The van der Waals surface area contributed by atoms with Crippen molar-refractivity contribution >= 4 is 5.97 Å². The summed E-state index contributed by atoms with van der Waals surface area (Å²) in [7, 11) is 0. The van der Waals surface area contributed by atoms with E-state index in [-0.39, 0.29) is 0 Å². The van der Waals surface area contributed by atoms with Gasteiger partial charge >= 0.3 is 5.97 Å². The molecule has 1 saturated carbocycles. The van der Waals surface area contributed by atoms with Gasteiger partial charge in [-0.1, -0.05) is 48.9 Å². The summed E-state index contributed by atoms with van der Waals surface area (Å²) in [5.41, 5.74) is 2.33. The van der Waals surface area contributed by atoms with Gasteiger partial charge in [-0.2, -0.15) is 0 Å². The minimum atomic E-state index is -0.712. The van der Waals surface area contributed by atoms with E-state index in [0.29, 0.717) is 6.61 Å². The Morgan fingerprint density at radius 1 is 1.18 bits per heavy atom. The first kappa shape index (κ1) is 14.6. The van der Waals surface area contributed by atoms with Crippen LogP contribution in [-0.4, -0.2) is 11.1 Å². The first-order chi connectivity index (χ1) is 10.6. The molecule has 3 rings (SSSR count). The Labute approximate surface area is 130 Å². The predicted molar refractivity (Wildman–Crippen MR) is 85.1 cm³/mol. The van der Waals surface area contributed by atoms with Gasteiger partial charge in [-0.3, -0.25) is 4.79 Å². The van der Waals surface area contributed by atoms with Gasteiger partial charge in [0.05, 0.1) is 5.41 Å². The van der Waals surface area contributed by atoms with Crippen LogP contribution in [-0.2, 0) is 16.8 Å². The molecule has 0 radical (unpaired) electrons. The molecule has 2 aromatic carbocycles. The van der Waals surface area contributed by atoms with Gasteiger partial charge in [-0.05, 0) is 42.5 Å². The molecule has 2 aromatic rings. The van der Waals surface area contributed by atoms with E-state index in [1.807, 2.05) is 55.5 Å². The molecule has 22 heavy (non-hydrogen) atoms. The normalized spacial score (nSPS) is 15.9. The highest BCUT2D eigenvalue weighted by molar-refractivity contribution is 5.82. The van der Waals surface area contributed by atoms with Gasteiger partial charge < -0.3 is 9.84 Å². The summed E-state index contributed by atoms with van der Waals surface area (Å²) < 4.78 is 5.86. The van der Waals surface area contributed by atoms with Crippen LogP contribution in [0.3, 0.4) is 0 Å².